The Labute approximate surface area is 127 Å². The third kappa shape index (κ3) is 2.03. The minimum Gasteiger partial charge on any atom is -0.384 e. The number of anilines is 1. The number of aromatic nitrogens is 1. The SMILES string of the molecule is Cc1ccc(C(=O)n2c(N)c(C(N)=O)c3ccccc32)cc1. The van der Waals surface area contributed by atoms with Crippen molar-refractivity contribution in [3.63, 3.8) is 0 Å². The normalized spacial score (nSPS) is 10.8. The molecule has 1 heterocycles. The van der Waals surface area contributed by atoms with Gasteiger partial charge in [0.05, 0.1) is 11.1 Å². The minimum absolute atomic E-state index is 0.0688. The number of aryl methyl sites for hydroxylation is 1. The molecule has 1 aromatic heterocycles. The van der Waals surface area contributed by atoms with Crippen molar-refractivity contribution in [3.05, 3.63) is 65.2 Å². The van der Waals surface area contributed by atoms with Gasteiger partial charge >= 0.3 is 0 Å². The summed E-state index contributed by atoms with van der Waals surface area (Å²) in [5.74, 6) is -0.871. The van der Waals surface area contributed by atoms with E-state index in [0.717, 1.165) is 5.56 Å². The molecule has 0 aliphatic carbocycles. The number of para-hydroxylation sites is 1. The number of primary amides is 1. The van der Waals surface area contributed by atoms with Crippen molar-refractivity contribution >= 4 is 28.5 Å². The van der Waals surface area contributed by atoms with Gasteiger partial charge < -0.3 is 11.5 Å². The molecule has 0 spiro atoms. The first-order valence-electron chi connectivity index (χ1n) is 6.81. The first-order valence-corrected chi connectivity index (χ1v) is 6.81. The van der Waals surface area contributed by atoms with E-state index in [1.165, 1.54) is 4.57 Å². The van der Waals surface area contributed by atoms with Gasteiger partial charge in [-0.15, -0.1) is 0 Å². The summed E-state index contributed by atoms with van der Waals surface area (Å²) in [6.07, 6.45) is 0. The van der Waals surface area contributed by atoms with Crippen molar-refractivity contribution in [2.24, 2.45) is 5.73 Å². The van der Waals surface area contributed by atoms with Crippen LogP contribution < -0.4 is 11.5 Å². The molecule has 22 heavy (non-hydrogen) atoms. The van der Waals surface area contributed by atoms with E-state index in [1.807, 2.05) is 19.1 Å². The lowest BCUT2D eigenvalue weighted by atomic mass is 10.1. The molecule has 0 unspecified atom stereocenters. The third-order valence-electron chi connectivity index (χ3n) is 3.66. The van der Waals surface area contributed by atoms with Crippen LogP contribution in [-0.2, 0) is 0 Å². The zero-order valence-electron chi connectivity index (χ0n) is 12.0. The van der Waals surface area contributed by atoms with Gasteiger partial charge in [0.25, 0.3) is 11.8 Å². The minimum atomic E-state index is -0.649. The molecule has 5 nitrogen and oxygen atoms in total. The highest BCUT2D eigenvalue weighted by molar-refractivity contribution is 6.15. The Morgan fingerprint density at radius 3 is 2.27 bits per heavy atom. The first-order chi connectivity index (χ1) is 10.5. The number of benzene rings is 2. The molecule has 1 amide bonds. The van der Waals surface area contributed by atoms with Crippen LogP contribution >= 0.6 is 0 Å². The Morgan fingerprint density at radius 1 is 1.00 bits per heavy atom. The highest BCUT2D eigenvalue weighted by Gasteiger charge is 2.22. The maximum absolute atomic E-state index is 12.8. The van der Waals surface area contributed by atoms with Gasteiger partial charge in [0.1, 0.15) is 5.82 Å². The quantitative estimate of drug-likeness (QED) is 0.759. The van der Waals surface area contributed by atoms with Crippen LogP contribution in [0.15, 0.2) is 48.5 Å². The van der Waals surface area contributed by atoms with Crippen LogP contribution in [0.2, 0.25) is 0 Å². The van der Waals surface area contributed by atoms with Gasteiger partial charge in [-0.25, -0.2) is 0 Å². The van der Waals surface area contributed by atoms with E-state index in [0.29, 0.717) is 16.5 Å². The van der Waals surface area contributed by atoms with E-state index in [4.69, 9.17) is 11.5 Å². The number of nitrogens with two attached hydrogens (primary N) is 2. The first kappa shape index (κ1) is 13.9. The Bertz CT molecular complexity index is 892. The number of hydrogen-bond acceptors (Lipinski definition) is 3. The highest BCUT2D eigenvalue weighted by atomic mass is 16.2. The van der Waals surface area contributed by atoms with Crippen molar-refractivity contribution in [2.75, 3.05) is 5.73 Å². The summed E-state index contributed by atoms with van der Waals surface area (Å²) in [5.41, 5.74) is 13.7. The van der Waals surface area contributed by atoms with Gasteiger partial charge in [-0.1, -0.05) is 35.9 Å². The number of hydrogen-bond donors (Lipinski definition) is 2. The lowest BCUT2D eigenvalue weighted by Gasteiger charge is -2.07. The van der Waals surface area contributed by atoms with Crippen molar-refractivity contribution in [1.82, 2.24) is 4.57 Å². The predicted octanol–water partition coefficient (Wildman–Crippen LogP) is 2.32. The molecule has 4 N–H and O–H groups in total. The Balaban J connectivity index is 2.27. The van der Waals surface area contributed by atoms with Gasteiger partial charge in [-0.05, 0) is 25.1 Å². The number of carbonyl (C=O) groups excluding carboxylic acids is 2. The van der Waals surface area contributed by atoms with Crippen LogP contribution in [0.1, 0.15) is 26.3 Å². The van der Waals surface area contributed by atoms with Crippen LogP contribution in [0.3, 0.4) is 0 Å². The summed E-state index contributed by atoms with van der Waals surface area (Å²) in [6.45, 7) is 1.94. The van der Waals surface area contributed by atoms with Crippen molar-refractivity contribution in [2.45, 2.75) is 6.92 Å². The molecule has 0 saturated heterocycles. The molecule has 0 bridgehead atoms. The second-order valence-corrected chi connectivity index (χ2v) is 5.15. The van der Waals surface area contributed by atoms with E-state index >= 15 is 0 Å². The Hall–Kier alpha value is -3.08. The van der Waals surface area contributed by atoms with Gasteiger partial charge in [0.15, 0.2) is 0 Å². The fourth-order valence-electron chi connectivity index (χ4n) is 2.56. The Kier molecular flexibility index (Phi) is 3.18. The topological polar surface area (TPSA) is 91.1 Å². The number of fused-ring (bicyclic) bond motifs is 1. The van der Waals surface area contributed by atoms with Gasteiger partial charge in [-0.3, -0.25) is 14.2 Å². The lowest BCUT2D eigenvalue weighted by Crippen LogP contribution is -2.17. The van der Waals surface area contributed by atoms with E-state index in [9.17, 15) is 9.59 Å². The number of amides is 1. The lowest BCUT2D eigenvalue weighted by molar-refractivity contribution is 0.0967. The molecule has 0 fully saturated rings. The molecule has 2 aromatic carbocycles. The molecule has 0 atom stereocenters. The zero-order valence-corrected chi connectivity index (χ0v) is 12.0. The van der Waals surface area contributed by atoms with Gasteiger partial charge in [0.2, 0.25) is 0 Å². The summed E-state index contributed by atoms with van der Waals surface area (Å²) in [5, 5.41) is 0.577. The highest BCUT2D eigenvalue weighted by Crippen LogP contribution is 2.28. The summed E-state index contributed by atoms with van der Waals surface area (Å²) >= 11 is 0. The van der Waals surface area contributed by atoms with E-state index < -0.39 is 5.91 Å². The number of nitrogens with zero attached hydrogens (tertiary/aromatic N) is 1. The van der Waals surface area contributed by atoms with Gasteiger partial charge in [0, 0.05) is 10.9 Å². The van der Waals surface area contributed by atoms with Crippen molar-refractivity contribution in [1.29, 1.82) is 0 Å². The van der Waals surface area contributed by atoms with Crippen molar-refractivity contribution < 1.29 is 9.59 Å². The van der Waals surface area contributed by atoms with Crippen LogP contribution in [0, 0.1) is 6.92 Å². The smallest absolute Gasteiger partial charge is 0.263 e. The summed E-state index contributed by atoms with van der Waals surface area (Å²) in [7, 11) is 0. The molecule has 3 rings (SSSR count). The standard InChI is InChI=1S/C17H15N3O2/c1-10-6-8-11(9-7-10)17(22)20-13-5-3-2-4-12(13)14(15(20)18)16(19)21/h2-9H,18H2,1H3,(H2,19,21). The van der Waals surface area contributed by atoms with Crippen LogP contribution in [-0.4, -0.2) is 16.4 Å². The van der Waals surface area contributed by atoms with E-state index in [1.54, 1.807) is 36.4 Å². The summed E-state index contributed by atoms with van der Waals surface area (Å²) < 4.78 is 1.33. The predicted molar refractivity (Wildman–Crippen MR) is 85.8 cm³/mol. The monoisotopic (exact) mass is 293 g/mol. The molecular weight excluding hydrogens is 278 g/mol. The molecule has 0 saturated carbocycles. The second-order valence-electron chi connectivity index (χ2n) is 5.15. The van der Waals surface area contributed by atoms with Gasteiger partial charge in [-0.2, -0.15) is 0 Å². The number of nitrogen functional groups attached to an aromatic ring is 1. The molecule has 110 valence electrons. The maximum atomic E-state index is 12.8. The van der Waals surface area contributed by atoms with E-state index in [-0.39, 0.29) is 17.3 Å². The van der Waals surface area contributed by atoms with Crippen LogP contribution in [0.5, 0.6) is 0 Å². The third-order valence-corrected chi connectivity index (χ3v) is 3.66. The average molecular weight is 293 g/mol. The van der Waals surface area contributed by atoms with E-state index in [2.05, 4.69) is 0 Å². The largest absolute Gasteiger partial charge is 0.384 e. The number of rotatable bonds is 2. The van der Waals surface area contributed by atoms with Crippen LogP contribution in [0.25, 0.3) is 10.9 Å². The summed E-state index contributed by atoms with van der Waals surface area (Å²) in [4.78, 5) is 24.4. The molecule has 5 heteroatoms. The molecular formula is C17H15N3O2. The van der Waals surface area contributed by atoms with Crippen LogP contribution in [0.4, 0.5) is 5.82 Å². The Morgan fingerprint density at radius 2 is 1.64 bits per heavy atom. The fourth-order valence-corrected chi connectivity index (χ4v) is 2.56. The molecule has 0 aliphatic rings. The maximum Gasteiger partial charge on any atom is 0.263 e. The average Bonchev–Trinajstić information content (AvgIpc) is 2.79. The zero-order chi connectivity index (χ0) is 15.9. The fraction of sp³-hybridized carbons (Fsp3) is 0.0588. The molecule has 0 aliphatic heterocycles. The number of carbonyl (C=O) groups is 2. The van der Waals surface area contributed by atoms with Crippen molar-refractivity contribution in [3.8, 4) is 0 Å². The second kappa shape index (κ2) is 5.04. The molecule has 0 radical (unpaired) electrons. The summed E-state index contributed by atoms with van der Waals surface area (Å²) in [6, 6.07) is 14.2. The molecule has 3 aromatic rings.